The van der Waals surface area contributed by atoms with Crippen molar-refractivity contribution in [2.75, 3.05) is 32.1 Å². The number of benzene rings is 1. The van der Waals surface area contributed by atoms with Crippen LogP contribution < -0.4 is 10.1 Å². The number of aromatic nitrogens is 2. The van der Waals surface area contributed by atoms with Gasteiger partial charge in [-0.3, -0.25) is 4.79 Å². The number of aliphatic hydroxyl groups is 1. The standard InChI is InChI=1S/C29H35N5O5/c1-18-15-34(19(2)17-35)28(36)24-13-23(12-11-22-9-7-6-8-10-22)14-30-27(24)38-25(18)16-33(5)29(37)31-26-20(3)32-39-21(26)4/h6-14,18-19,25,35H,15-17H2,1-5H3,(H,31,37)/b12-11+/t18-,19-,25+/m1/s1. The third kappa shape index (κ3) is 6.46. The third-order valence-corrected chi connectivity index (χ3v) is 6.88. The number of fused-ring (bicyclic) bond motifs is 1. The molecule has 3 atom stereocenters. The van der Waals surface area contributed by atoms with Crippen molar-refractivity contribution in [3.8, 4) is 5.88 Å². The number of nitrogens with one attached hydrogen (secondary N) is 1. The lowest BCUT2D eigenvalue weighted by atomic mass is 10.00. The van der Waals surface area contributed by atoms with E-state index in [1.807, 2.05) is 49.4 Å². The number of ether oxygens (including phenoxy) is 1. The van der Waals surface area contributed by atoms with Crippen molar-refractivity contribution in [3.63, 3.8) is 0 Å². The van der Waals surface area contributed by atoms with Crippen molar-refractivity contribution < 1.29 is 24.0 Å². The number of likely N-dealkylation sites (N-methyl/N-ethyl adjacent to an activating group) is 1. The van der Waals surface area contributed by atoms with Crippen LogP contribution in [0.2, 0.25) is 0 Å². The van der Waals surface area contributed by atoms with Crippen LogP contribution in [-0.2, 0) is 0 Å². The van der Waals surface area contributed by atoms with Crippen LogP contribution in [0.4, 0.5) is 10.5 Å². The summed E-state index contributed by atoms with van der Waals surface area (Å²) in [5, 5.41) is 16.6. The van der Waals surface area contributed by atoms with Gasteiger partial charge in [-0.25, -0.2) is 9.78 Å². The molecule has 1 aliphatic rings. The highest BCUT2D eigenvalue weighted by atomic mass is 16.5. The average molecular weight is 534 g/mol. The summed E-state index contributed by atoms with van der Waals surface area (Å²) in [7, 11) is 1.67. The zero-order chi connectivity index (χ0) is 28.1. The number of nitrogens with zero attached hydrogens (tertiary/aromatic N) is 4. The van der Waals surface area contributed by atoms with Crippen LogP contribution in [0, 0.1) is 19.8 Å². The van der Waals surface area contributed by atoms with Crippen molar-refractivity contribution in [1.29, 1.82) is 0 Å². The first-order valence-corrected chi connectivity index (χ1v) is 12.9. The van der Waals surface area contributed by atoms with Gasteiger partial charge in [-0.15, -0.1) is 0 Å². The van der Waals surface area contributed by atoms with Gasteiger partial charge in [0.15, 0.2) is 5.76 Å². The first-order valence-electron chi connectivity index (χ1n) is 12.9. The van der Waals surface area contributed by atoms with E-state index in [4.69, 9.17) is 9.26 Å². The summed E-state index contributed by atoms with van der Waals surface area (Å²) in [6.45, 7) is 7.65. The van der Waals surface area contributed by atoms with Crippen molar-refractivity contribution in [1.82, 2.24) is 19.9 Å². The quantitative estimate of drug-likeness (QED) is 0.466. The molecule has 3 aromatic rings. The van der Waals surface area contributed by atoms with Gasteiger partial charge in [0.1, 0.15) is 23.0 Å². The smallest absolute Gasteiger partial charge is 0.321 e. The fourth-order valence-electron chi connectivity index (χ4n) is 4.40. The summed E-state index contributed by atoms with van der Waals surface area (Å²) in [6, 6.07) is 10.8. The molecule has 0 bridgehead atoms. The van der Waals surface area contributed by atoms with Crippen LogP contribution in [0.25, 0.3) is 12.2 Å². The molecular weight excluding hydrogens is 498 g/mol. The van der Waals surface area contributed by atoms with Gasteiger partial charge in [0, 0.05) is 25.7 Å². The Balaban J connectivity index is 1.60. The number of hydrogen-bond donors (Lipinski definition) is 2. The Hall–Kier alpha value is -4.18. The maximum Gasteiger partial charge on any atom is 0.321 e. The molecule has 3 heterocycles. The monoisotopic (exact) mass is 533 g/mol. The van der Waals surface area contributed by atoms with E-state index in [1.165, 1.54) is 4.90 Å². The van der Waals surface area contributed by atoms with E-state index < -0.39 is 12.1 Å². The minimum Gasteiger partial charge on any atom is -0.472 e. The van der Waals surface area contributed by atoms with Crippen LogP contribution in [0.1, 0.15) is 46.8 Å². The molecule has 0 saturated heterocycles. The average Bonchev–Trinajstić information content (AvgIpc) is 3.25. The van der Waals surface area contributed by atoms with Crippen molar-refractivity contribution >= 4 is 29.8 Å². The molecule has 10 nitrogen and oxygen atoms in total. The van der Waals surface area contributed by atoms with Crippen LogP contribution >= 0.6 is 0 Å². The van der Waals surface area contributed by atoms with E-state index in [0.717, 1.165) is 11.1 Å². The number of pyridine rings is 1. The van der Waals surface area contributed by atoms with Crippen LogP contribution in [-0.4, -0.2) is 75.9 Å². The van der Waals surface area contributed by atoms with Gasteiger partial charge in [0.05, 0.1) is 19.2 Å². The molecule has 0 fully saturated rings. The normalized spacial score (nSPS) is 18.2. The topological polar surface area (TPSA) is 121 Å². The molecule has 206 valence electrons. The second kappa shape index (κ2) is 12.1. The molecule has 39 heavy (non-hydrogen) atoms. The highest BCUT2D eigenvalue weighted by Gasteiger charge is 2.34. The first-order chi connectivity index (χ1) is 18.7. The highest BCUT2D eigenvalue weighted by molar-refractivity contribution is 5.97. The van der Waals surface area contributed by atoms with Gasteiger partial charge < -0.3 is 29.5 Å². The van der Waals surface area contributed by atoms with Crippen LogP contribution in [0.5, 0.6) is 5.88 Å². The number of rotatable bonds is 7. The second-order valence-corrected chi connectivity index (χ2v) is 10.00. The summed E-state index contributed by atoms with van der Waals surface area (Å²) in [5.74, 6) is 0.295. The Kier molecular flexibility index (Phi) is 8.65. The number of carbonyl (C=O) groups is 2. The summed E-state index contributed by atoms with van der Waals surface area (Å²) < 4.78 is 11.4. The van der Waals surface area contributed by atoms with Crippen molar-refractivity contribution in [2.24, 2.45) is 5.92 Å². The molecule has 1 aliphatic heterocycles. The van der Waals surface area contributed by atoms with E-state index in [-0.39, 0.29) is 36.9 Å². The van der Waals surface area contributed by atoms with Crippen molar-refractivity contribution in [3.05, 3.63) is 70.7 Å². The molecule has 4 rings (SSSR count). The number of anilines is 1. The van der Waals surface area contributed by atoms with Gasteiger partial charge >= 0.3 is 6.03 Å². The zero-order valence-electron chi connectivity index (χ0n) is 22.9. The van der Waals surface area contributed by atoms with Crippen molar-refractivity contribution in [2.45, 2.75) is 39.8 Å². The molecule has 0 spiro atoms. The highest BCUT2D eigenvalue weighted by Crippen LogP contribution is 2.28. The third-order valence-electron chi connectivity index (χ3n) is 6.88. The molecule has 0 unspecified atom stereocenters. The van der Waals surface area contributed by atoms with E-state index >= 15 is 0 Å². The number of carbonyl (C=O) groups excluding carboxylic acids is 2. The fraction of sp³-hybridized carbons (Fsp3) is 0.379. The first kappa shape index (κ1) is 27.8. The van der Waals surface area contributed by atoms with Gasteiger partial charge in [-0.1, -0.05) is 54.6 Å². The van der Waals surface area contributed by atoms with Gasteiger partial charge in [0.2, 0.25) is 5.88 Å². The molecule has 10 heteroatoms. The molecule has 2 N–H and O–H groups in total. The Morgan fingerprint density at radius 3 is 2.64 bits per heavy atom. The SMILES string of the molecule is Cc1noc(C)c1NC(=O)N(C)C[C@@H]1Oc2ncc(/C=C/c3ccccc3)cc2C(=O)N([C@H](C)CO)C[C@H]1C. The van der Waals surface area contributed by atoms with E-state index in [9.17, 15) is 14.7 Å². The Labute approximate surface area is 228 Å². The Morgan fingerprint density at radius 2 is 1.97 bits per heavy atom. The molecule has 0 radical (unpaired) electrons. The zero-order valence-corrected chi connectivity index (χ0v) is 22.9. The largest absolute Gasteiger partial charge is 0.472 e. The Morgan fingerprint density at radius 1 is 1.26 bits per heavy atom. The van der Waals surface area contributed by atoms with E-state index in [1.54, 1.807) is 45.0 Å². The lowest BCUT2D eigenvalue weighted by Gasteiger charge is -2.37. The molecule has 0 aliphatic carbocycles. The van der Waals surface area contributed by atoms with E-state index in [2.05, 4.69) is 15.5 Å². The van der Waals surface area contributed by atoms with Crippen LogP contribution in [0.3, 0.4) is 0 Å². The predicted octanol–water partition coefficient (Wildman–Crippen LogP) is 4.24. The minimum absolute atomic E-state index is 0.162. The van der Waals surface area contributed by atoms with E-state index in [0.29, 0.717) is 29.2 Å². The van der Waals surface area contributed by atoms with Crippen LogP contribution in [0.15, 0.2) is 47.1 Å². The number of urea groups is 1. The van der Waals surface area contributed by atoms with Gasteiger partial charge in [0.25, 0.3) is 5.91 Å². The maximum absolute atomic E-state index is 13.6. The minimum atomic E-state index is -0.469. The summed E-state index contributed by atoms with van der Waals surface area (Å²) in [6.07, 6.45) is 5.02. The summed E-state index contributed by atoms with van der Waals surface area (Å²) in [5.41, 5.74) is 3.20. The molecule has 3 amide bonds. The number of hydrogen-bond acceptors (Lipinski definition) is 7. The lowest BCUT2D eigenvalue weighted by Crippen LogP contribution is -2.50. The fourth-order valence-corrected chi connectivity index (χ4v) is 4.40. The number of aryl methyl sites for hydroxylation is 2. The summed E-state index contributed by atoms with van der Waals surface area (Å²) in [4.78, 5) is 34.3. The molecule has 2 aromatic heterocycles. The predicted molar refractivity (Wildman–Crippen MR) is 148 cm³/mol. The number of amides is 3. The number of aliphatic hydroxyl groups excluding tert-OH is 1. The Bertz CT molecular complexity index is 1320. The molecular formula is C29H35N5O5. The lowest BCUT2D eigenvalue weighted by molar-refractivity contribution is 0.0356. The molecule has 0 saturated carbocycles. The van der Waals surface area contributed by atoms with Gasteiger partial charge in [-0.2, -0.15) is 0 Å². The second-order valence-electron chi connectivity index (χ2n) is 10.00. The maximum atomic E-state index is 13.6. The van der Waals surface area contributed by atoms with Gasteiger partial charge in [-0.05, 0) is 38.0 Å². The summed E-state index contributed by atoms with van der Waals surface area (Å²) >= 11 is 0. The molecule has 1 aromatic carbocycles.